The van der Waals surface area contributed by atoms with E-state index in [1.54, 1.807) is 30.3 Å². The highest BCUT2D eigenvalue weighted by molar-refractivity contribution is 5.96. The van der Waals surface area contributed by atoms with Crippen LogP contribution in [0, 0.1) is 10.1 Å². The Balaban J connectivity index is 1.66. The molecule has 0 aromatic heterocycles. The molecule has 0 aliphatic carbocycles. The molecule has 1 aliphatic rings. The number of nitrogens with one attached hydrogen (secondary N) is 1. The van der Waals surface area contributed by atoms with E-state index >= 15 is 0 Å². The van der Waals surface area contributed by atoms with Crippen molar-refractivity contribution in [2.24, 2.45) is 0 Å². The Bertz CT molecular complexity index is 877. The number of carbonyl (C=O) groups excluding carboxylic acids is 2. The van der Waals surface area contributed by atoms with Gasteiger partial charge in [-0.3, -0.25) is 14.9 Å². The van der Waals surface area contributed by atoms with Crippen molar-refractivity contribution in [2.45, 2.75) is 25.7 Å². The third-order valence-electron chi connectivity index (χ3n) is 4.75. The Morgan fingerprint density at radius 1 is 1.03 bits per heavy atom. The number of nitro benzene ring substituents is 1. The van der Waals surface area contributed by atoms with Crippen LogP contribution in [0.15, 0.2) is 48.5 Å². The van der Waals surface area contributed by atoms with Crippen molar-refractivity contribution in [2.75, 3.05) is 29.9 Å². The molecule has 1 heterocycles. The molecule has 1 fully saturated rings. The summed E-state index contributed by atoms with van der Waals surface area (Å²) >= 11 is 0. The topological polar surface area (TPSA) is 102 Å². The monoisotopic (exact) mass is 397 g/mol. The van der Waals surface area contributed by atoms with Crippen LogP contribution in [-0.2, 0) is 9.53 Å². The summed E-state index contributed by atoms with van der Waals surface area (Å²) in [5, 5.41) is 14.2. The molecule has 152 valence electrons. The van der Waals surface area contributed by atoms with E-state index in [4.69, 9.17) is 4.74 Å². The van der Waals surface area contributed by atoms with Crippen molar-refractivity contribution in [1.29, 1.82) is 0 Å². The highest BCUT2D eigenvalue weighted by Gasteiger charge is 2.23. The number of carbonyl (C=O) groups is 2. The molecule has 0 saturated carbocycles. The van der Waals surface area contributed by atoms with Crippen LogP contribution < -0.4 is 10.2 Å². The Morgan fingerprint density at radius 3 is 2.38 bits per heavy atom. The fraction of sp³-hybridized carbons (Fsp3) is 0.333. The van der Waals surface area contributed by atoms with E-state index in [9.17, 15) is 19.7 Å². The van der Waals surface area contributed by atoms with Gasteiger partial charge in [0.05, 0.1) is 10.5 Å². The maximum atomic E-state index is 12.3. The number of nitrogens with zero attached hydrogens (tertiary/aromatic N) is 2. The molecule has 1 amide bonds. The van der Waals surface area contributed by atoms with Gasteiger partial charge in [-0.05, 0) is 37.1 Å². The molecule has 0 unspecified atom stereocenters. The first-order chi connectivity index (χ1) is 14.0. The molecule has 1 saturated heterocycles. The maximum Gasteiger partial charge on any atom is 0.338 e. The summed E-state index contributed by atoms with van der Waals surface area (Å²) in [7, 11) is 0. The van der Waals surface area contributed by atoms with Crippen molar-refractivity contribution in [3.63, 3.8) is 0 Å². The average Bonchev–Trinajstić information content (AvgIpc) is 3.01. The number of amides is 1. The van der Waals surface area contributed by atoms with Gasteiger partial charge < -0.3 is 15.0 Å². The van der Waals surface area contributed by atoms with Crippen LogP contribution in [0.1, 0.15) is 36.0 Å². The van der Waals surface area contributed by atoms with Gasteiger partial charge in [-0.2, -0.15) is 0 Å². The lowest BCUT2D eigenvalue weighted by atomic mass is 10.1. The van der Waals surface area contributed by atoms with Crippen LogP contribution in [0.25, 0.3) is 0 Å². The fourth-order valence-electron chi connectivity index (χ4n) is 3.31. The van der Waals surface area contributed by atoms with Gasteiger partial charge in [0.25, 0.3) is 11.6 Å². The normalized spacial score (nSPS) is 14.0. The molecular formula is C21H23N3O5. The first kappa shape index (κ1) is 20.3. The predicted octanol–water partition coefficient (Wildman–Crippen LogP) is 3.77. The van der Waals surface area contributed by atoms with Crippen LogP contribution in [-0.4, -0.2) is 36.5 Å². The van der Waals surface area contributed by atoms with E-state index < -0.39 is 23.4 Å². The van der Waals surface area contributed by atoms with E-state index in [2.05, 4.69) is 5.32 Å². The molecule has 0 bridgehead atoms. The average molecular weight is 397 g/mol. The molecule has 0 spiro atoms. The minimum atomic E-state index is -0.779. The quantitative estimate of drug-likeness (QED) is 0.452. The van der Waals surface area contributed by atoms with Gasteiger partial charge in [0, 0.05) is 24.8 Å². The van der Waals surface area contributed by atoms with Gasteiger partial charge in [-0.1, -0.05) is 31.0 Å². The molecule has 1 N–H and O–H groups in total. The lowest BCUT2D eigenvalue weighted by molar-refractivity contribution is -0.384. The summed E-state index contributed by atoms with van der Waals surface area (Å²) in [5.41, 5.74) is 1.01. The Labute approximate surface area is 168 Å². The zero-order chi connectivity index (χ0) is 20.6. The number of ether oxygens (including phenoxy) is 1. The second-order valence-electron chi connectivity index (χ2n) is 6.85. The van der Waals surface area contributed by atoms with Crippen molar-refractivity contribution in [1.82, 2.24) is 0 Å². The Hall–Kier alpha value is -3.42. The lowest BCUT2D eigenvalue weighted by Gasteiger charge is -2.22. The minimum Gasteiger partial charge on any atom is -0.452 e. The SMILES string of the molecule is O=C(COC(=O)c1ccc(N2CCCCCC2)c([N+](=O)[O-])c1)Nc1ccccc1. The molecule has 29 heavy (non-hydrogen) atoms. The fourth-order valence-corrected chi connectivity index (χ4v) is 3.31. The second kappa shape index (κ2) is 9.68. The van der Waals surface area contributed by atoms with Gasteiger partial charge in [0.1, 0.15) is 5.69 Å². The van der Waals surface area contributed by atoms with Gasteiger partial charge in [0.15, 0.2) is 6.61 Å². The first-order valence-electron chi connectivity index (χ1n) is 9.60. The van der Waals surface area contributed by atoms with Crippen molar-refractivity contribution >= 4 is 28.9 Å². The van der Waals surface area contributed by atoms with Crippen molar-refractivity contribution < 1.29 is 19.2 Å². The summed E-state index contributed by atoms with van der Waals surface area (Å²) in [6.45, 7) is 1.03. The largest absolute Gasteiger partial charge is 0.452 e. The van der Waals surface area contributed by atoms with Gasteiger partial charge in [-0.15, -0.1) is 0 Å². The molecular weight excluding hydrogens is 374 g/mol. The summed E-state index contributed by atoms with van der Waals surface area (Å²) in [6, 6.07) is 13.1. The Kier molecular flexibility index (Phi) is 6.78. The van der Waals surface area contributed by atoms with E-state index in [0.717, 1.165) is 38.8 Å². The summed E-state index contributed by atoms with van der Waals surface area (Å²) in [5.74, 6) is -1.26. The number of rotatable bonds is 6. The lowest BCUT2D eigenvalue weighted by Crippen LogP contribution is -2.25. The van der Waals surface area contributed by atoms with Crippen LogP contribution >= 0.6 is 0 Å². The predicted molar refractivity (Wildman–Crippen MR) is 109 cm³/mol. The number of nitro groups is 1. The van der Waals surface area contributed by atoms with E-state index in [1.807, 2.05) is 11.0 Å². The maximum absolute atomic E-state index is 12.3. The van der Waals surface area contributed by atoms with Crippen molar-refractivity contribution in [3.05, 3.63) is 64.2 Å². The molecule has 2 aromatic carbocycles. The Morgan fingerprint density at radius 2 is 1.72 bits per heavy atom. The van der Waals surface area contributed by atoms with Crippen LogP contribution in [0.3, 0.4) is 0 Å². The van der Waals surface area contributed by atoms with Crippen LogP contribution in [0.2, 0.25) is 0 Å². The number of para-hydroxylation sites is 1. The molecule has 1 aliphatic heterocycles. The highest BCUT2D eigenvalue weighted by Crippen LogP contribution is 2.31. The summed E-state index contributed by atoms with van der Waals surface area (Å²) in [6.07, 6.45) is 4.19. The van der Waals surface area contributed by atoms with Crippen LogP contribution in [0.5, 0.6) is 0 Å². The van der Waals surface area contributed by atoms with Gasteiger partial charge in [-0.25, -0.2) is 4.79 Å². The third-order valence-corrected chi connectivity index (χ3v) is 4.75. The molecule has 8 nitrogen and oxygen atoms in total. The summed E-state index contributed by atoms with van der Waals surface area (Å²) in [4.78, 5) is 37.3. The smallest absolute Gasteiger partial charge is 0.338 e. The zero-order valence-electron chi connectivity index (χ0n) is 16.0. The van der Waals surface area contributed by atoms with E-state index in [0.29, 0.717) is 11.4 Å². The number of benzene rings is 2. The second-order valence-corrected chi connectivity index (χ2v) is 6.85. The van der Waals surface area contributed by atoms with E-state index in [1.165, 1.54) is 12.1 Å². The molecule has 0 atom stereocenters. The zero-order valence-corrected chi connectivity index (χ0v) is 16.0. The number of esters is 1. The number of hydrogen-bond acceptors (Lipinski definition) is 6. The van der Waals surface area contributed by atoms with Gasteiger partial charge >= 0.3 is 5.97 Å². The molecule has 3 rings (SSSR count). The highest BCUT2D eigenvalue weighted by atomic mass is 16.6. The molecule has 8 heteroatoms. The summed E-state index contributed by atoms with van der Waals surface area (Å²) < 4.78 is 5.01. The standard InChI is InChI=1S/C21H23N3O5/c25-20(22-17-8-4-3-5-9-17)15-29-21(26)16-10-11-18(19(14-16)24(27)28)23-12-6-1-2-7-13-23/h3-5,8-11,14H,1-2,6-7,12-13,15H2,(H,22,25). The number of hydrogen-bond donors (Lipinski definition) is 1. The van der Waals surface area contributed by atoms with Crippen LogP contribution in [0.4, 0.5) is 17.1 Å². The van der Waals surface area contributed by atoms with Crippen molar-refractivity contribution in [3.8, 4) is 0 Å². The number of anilines is 2. The molecule has 0 radical (unpaired) electrons. The van der Waals surface area contributed by atoms with Gasteiger partial charge in [0.2, 0.25) is 0 Å². The molecule has 2 aromatic rings. The van der Waals surface area contributed by atoms with E-state index in [-0.39, 0.29) is 11.3 Å². The minimum absolute atomic E-state index is 0.0442. The third kappa shape index (κ3) is 5.54. The first-order valence-corrected chi connectivity index (χ1v) is 9.60.